The molecule has 0 bridgehead atoms. The number of rotatable bonds is 2. The van der Waals surface area contributed by atoms with Crippen LogP contribution >= 0.6 is 11.3 Å². The fourth-order valence-corrected chi connectivity index (χ4v) is 3.33. The highest BCUT2D eigenvalue weighted by Crippen LogP contribution is 2.17. The van der Waals surface area contributed by atoms with Crippen LogP contribution in [-0.4, -0.2) is 23.7 Å². The Balaban J connectivity index is 2.28. The number of aryl methyl sites for hydroxylation is 4. The summed E-state index contributed by atoms with van der Waals surface area (Å²) < 4.78 is 4.28. The topological polar surface area (TPSA) is 74.7 Å². The zero-order valence-electron chi connectivity index (χ0n) is 12.2. The van der Waals surface area contributed by atoms with E-state index in [1.54, 1.807) is 18.7 Å². The van der Waals surface area contributed by atoms with E-state index in [9.17, 15) is 9.59 Å². The molecular formula is C13H15N5O2S. The second kappa shape index (κ2) is 4.66. The number of hydrogen-bond acceptors (Lipinski definition) is 5. The van der Waals surface area contributed by atoms with E-state index < -0.39 is 0 Å². The summed E-state index contributed by atoms with van der Waals surface area (Å²) in [5.41, 5.74) is 1.00. The third kappa shape index (κ3) is 2.02. The van der Waals surface area contributed by atoms with E-state index in [0.717, 1.165) is 15.6 Å². The minimum Gasteiger partial charge on any atom is -0.328 e. The summed E-state index contributed by atoms with van der Waals surface area (Å²) in [4.78, 5) is 34.3. The second-order valence-electron chi connectivity index (χ2n) is 5.00. The van der Waals surface area contributed by atoms with Gasteiger partial charge in [0.05, 0.1) is 23.6 Å². The monoisotopic (exact) mass is 305 g/mol. The molecule has 21 heavy (non-hydrogen) atoms. The lowest BCUT2D eigenvalue weighted by Crippen LogP contribution is -2.39. The molecule has 110 valence electrons. The Morgan fingerprint density at radius 2 is 1.95 bits per heavy atom. The fraction of sp³-hybridized carbons (Fsp3) is 0.385. The maximum absolute atomic E-state index is 12.6. The lowest BCUT2D eigenvalue weighted by Gasteiger charge is -2.07. The predicted octanol–water partition coefficient (Wildman–Crippen LogP) is 0.555. The Kier molecular flexibility index (Phi) is 3.05. The first-order valence-electron chi connectivity index (χ1n) is 6.44. The number of imidazole rings is 1. The molecule has 0 amide bonds. The first kappa shape index (κ1) is 13.7. The highest BCUT2D eigenvalue weighted by atomic mass is 32.1. The van der Waals surface area contributed by atoms with Crippen LogP contribution in [0.1, 0.15) is 15.6 Å². The van der Waals surface area contributed by atoms with Crippen molar-refractivity contribution in [2.45, 2.75) is 20.4 Å². The number of aromatic nitrogens is 5. The second-order valence-corrected chi connectivity index (χ2v) is 6.29. The molecule has 0 N–H and O–H groups in total. The minimum absolute atomic E-state index is 0.240. The van der Waals surface area contributed by atoms with Crippen LogP contribution in [0.5, 0.6) is 0 Å². The Bertz CT molecular complexity index is 959. The quantitative estimate of drug-likeness (QED) is 0.693. The van der Waals surface area contributed by atoms with Gasteiger partial charge in [-0.05, 0) is 13.8 Å². The number of fused-ring (bicyclic) bond motifs is 1. The van der Waals surface area contributed by atoms with Gasteiger partial charge in [0.2, 0.25) is 0 Å². The van der Waals surface area contributed by atoms with E-state index in [4.69, 9.17) is 0 Å². The molecule has 7 nitrogen and oxygen atoms in total. The molecule has 8 heteroatoms. The molecule has 0 aliphatic rings. The van der Waals surface area contributed by atoms with Crippen LogP contribution in [-0.2, 0) is 20.6 Å². The first-order chi connectivity index (χ1) is 9.90. The molecule has 3 aromatic rings. The van der Waals surface area contributed by atoms with Crippen molar-refractivity contribution in [1.29, 1.82) is 0 Å². The van der Waals surface area contributed by atoms with Crippen molar-refractivity contribution in [3.05, 3.63) is 42.7 Å². The Hall–Kier alpha value is -2.22. The van der Waals surface area contributed by atoms with Gasteiger partial charge in [0, 0.05) is 19.0 Å². The van der Waals surface area contributed by atoms with Crippen molar-refractivity contribution in [3.8, 4) is 0 Å². The smallest absolute Gasteiger partial charge is 0.328 e. The summed E-state index contributed by atoms with van der Waals surface area (Å²) in [6, 6.07) is 0. The molecule has 0 aliphatic heterocycles. The molecule has 0 aromatic carbocycles. The van der Waals surface area contributed by atoms with Crippen LogP contribution in [0.25, 0.3) is 11.2 Å². The Morgan fingerprint density at radius 3 is 2.57 bits per heavy atom. The molecular weight excluding hydrogens is 290 g/mol. The van der Waals surface area contributed by atoms with E-state index in [1.807, 2.05) is 13.8 Å². The van der Waals surface area contributed by atoms with Crippen LogP contribution in [0, 0.1) is 13.8 Å². The average Bonchev–Trinajstić information content (AvgIpc) is 2.95. The van der Waals surface area contributed by atoms with Crippen molar-refractivity contribution < 1.29 is 0 Å². The highest BCUT2D eigenvalue weighted by molar-refractivity contribution is 7.11. The summed E-state index contributed by atoms with van der Waals surface area (Å²) in [5, 5.41) is 0.925. The highest BCUT2D eigenvalue weighted by Gasteiger charge is 2.16. The van der Waals surface area contributed by atoms with Gasteiger partial charge in [-0.1, -0.05) is 0 Å². The van der Waals surface area contributed by atoms with Crippen molar-refractivity contribution in [2.75, 3.05) is 0 Å². The summed E-state index contributed by atoms with van der Waals surface area (Å²) in [7, 11) is 3.37. The Labute approximate surface area is 124 Å². The summed E-state index contributed by atoms with van der Waals surface area (Å²) in [5.74, 6) is 0. The van der Waals surface area contributed by atoms with Crippen LogP contribution in [0.15, 0.2) is 15.9 Å². The number of hydrogen-bond donors (Lipinski definition) is 0. The van der Waals surface area contributed by atoms with Gasteiger partial charge >= 0.3 is 5.69 Å². The van der Waals surface area contributed by atoms with Gasteiger partial charge in [0.1, 0.15) is 0 Å². The van der Waals surface area contributed by atoms with E-state index in [-0.39, 0.29) is 17.8 Å². The third-order valence-corrected chi connectivity index (χ3v) is 4.56. The lowest BCUT2D eigenvalue weighted by molar-refractivity contribution is 0.658. The SMILES string of the molecule is Cc1nc(C)c(Cn2c(=O)c3c(ncn3C)n(C)c2=O)s1. The van der Waals surface area contributed by atoms with Crippen molar-refractivity contribution in [1.82, 2.24) is 23.7 Å². The zero-order valence-corrected chi connectivity index (χ0v) is 13.1. The van der Waals surface area contributed by atoms with E-state index in [1.165, 1.54) is 26.8 Å². The van der Waals surface area contributed by atoms with Gasteiger partial charge in [-0.2, -0.15) is 0 Å². The van der Waals surface area contributed by atoms with Crippen molar-refractivity contribution >= 4 is 22.5 Å². The minimum atomic E-state index is -0.364. The van der Waals surface area contributed by atoms with Crippen molar-refractivity contribution in [2.24, 2.45) is 14.1 Å². The molecule has 0 saturated heterocycles. The van der Waals surface area contributed by atoms with Gasteiger partial charge in [-0.15, -0.1) is 11.3 Å². The molecule has 0 aliphatic carbocycles. The summed E-state index contributed by atoms with van der Waals surface area (Å²) >= 11 is 1.50. The van der Waals surface area contributed by atoms with Crippen LogP contribution in [0.2, 0.25) is 0 Å². The summed E-state index contributed by atoms with van der Waals surface area (Å²) in [6.07, 6.45) is 1.54. The lowest BCUT2D eigenvalue weighted by atomic mass is 10.4. The van der Waals surface area contributed by atoms with E-state index in [2.05, 4.69) is 9.97 Å². The van der Waals surface area contributed by atoms with Gasteiger partial charge in [-0.3, -0.25) is 13.9 Å². The summed E-state index contributed by atoms with van der Waals surface area (Å²) in [6.45, 7) is 4.03. The van der Waals surface area contributed by atoms with Gasteiger partial charge in [0.25, 0.3) is 5.56 Å². The zero-order chi connectivity index (χ0) is 15.3. The average molecular weight is 305 g/mol. The van der Waals surface area contributed by atoms with Crippen LogP contribution in [0.3, 0.4) is 0 Å². The van der Waals surface area contributed by atoms with Gasteiger partial charge in [-0.25, -0.2) is 14.8 Å². The van der Waals surface area contributed by atoms with Gasteiger partial charge in [0.15, 0.2) is 11.2 Å². The van der Waals surface area contributed by atoms with Crippen molar-refractivity contribution in [3.63, 3.8) is 0 Å². The number of thiazole rings is 1. The Morgan fingerprint density at radius 1 is 1.24 bits per heavy atom. The maximum atomic E-state index is 12.6. The van der Waals surface area contributed by atoms with Gasteiger partial charge < -0.3 is 4.57 Å². The van der Waals surface area contributed by atoms with Crippen LogP contribution < -0.4 is 11.2 Å². The largest absolute Gasteiger partial charge is 0.332 e. The normalized spacial score (nSPS) is 11.4. The van der Waals surface area contributed by atoms with E-state index >= 15 is 0 Å². The van der Waals surface area contributed by atoms with Crippen LogP contribution in [0.4, 0.5) is 0 Å². The molecule has 0 unspecified atom stereocenters. The maximum Gasteiger partial charge on any atom is 0.332 e. The molecule has 0 fully saturated rings. The molecule has 3 heterocycles. The standard InChI is InChI=1S/C13H15N5O2S/c1-7-9(21-8(2)15-7)5-18-12(19)10-11(14-6-16(10)3)17(4)13(18)20/h6H,5H2,1-4H3. The molecule has 0 spiro atoms. The van der Waals surface area contributed by atoms with E-state index in [0.29, 0.717) is 11.2 Å². The molecule has 0 atom stereocenters. The molecule has 0 radical (unpaired) electrons. The third-order valence-electron chi connectivity index (χ3n) is 3.50. The predicted molar refractivity (Wildman–Crippen MR) is 80.9 cm³/mol. The fourth-order valence-electron chi connectivity index (χ4n) is 2.40. The number of nitrogens with zero attached hydrogens (tertiary/aromatic N) is 5. The molecule has 0 saturated carbocycles. The molecule has 3 rings (SSSR count). The first-order valence-corrected chi connectivity index (χ1v) is 7.25. The molecule has 3 aromatic heterocycles.